The molecule has 0 spiro atoms. The van der Waals surface area contributed by atoms with Crippen LogP contribution in [-0.4, -0.2) is 38.8 Å². The number of hydrogen-bond donors (Lipinski definition) is 0. The van der Waals surface area contributed by atoms with E-state index in [4.69, 9.17) is 14.2 Å². The van der Waals surface area contributed by atoms with E-state index in [9.17, 15) is 26.4 Å². The summed E-state index contributed by atoms with van der Waals surface area (Å²) in [5.74, 6) is 6.35. The smallest absolute Gasteiger partial charge is 0.417 e. The number of esters is 1. The van der Waals surface area contributed by atoms with E-state index in [1.165, 1.54) is 23.9 Å². The third-order valence-corrected chi connectivity index (χ3v) is 7.92. The van der Waals surface area contributed by atoms with Crippen molar-refractivity contribution in [3.05, 3.63) is 101 Å². The summed E-state index contributed by atoms with van der Waals surface area (Å²) in [6.07, 6.45) is -2.71. The summed E-state index contributed by atoms with van der Waals surface area (Å²) in [7, 11) is -3.35. The van der Waals surface area contributed by atoms with E-state index in [2.05, 4.69) is 16.8 Å². The van der Waals surface area contributed by atoms with Gasteiger partial charge in [-0.15, -0.1) is 0 Å². The number of ether oxygens (including phenoxy) is 3. The van der Waals surface area contributed by atoms with Crippen molar-refractivity contribution < 1.29 is 40.6 Å². The van der Waals surface area contributed by atoms with Crippen LogP contribution in [0.3, 0.4) is 0 Å². The molecule has 0 fully saturated rings. The van der Waals surface area contributed by atoms with Gasteiger partial charge in [0.15, 0.2) is 16.4 Å². The van der Waals surface area contributed by atoms with Crippen LogP contribution in [0.1, 0.15) is 29.2 Å². The lowest BCUT2D eigenvalue weighted by Gasteiger charge is -2.12. The molecule has 12 heteroatoms. The maximum atomic E-state index is 13.0. The van der Waals surface area contributed by atoms with E-state index in [-0.39, 0.29) is 24.0 Å². The minimum Gasteiger partial charge on any atom is -0.482 e. The molecule has 0 saturated carbocycles. The third kappa shape index (κ3) is 9.26. The number of alkyl halides is 3. The molecule has 0 N–H and O–H groups in total. The van der Waals surface area contributed by atoms with E-state index in [1.54, 1.807) is 37.3 Å². The minimum absolute atomic E-state index is 0.0330. The average molecular weight is 642 g/mol. The van der Waals surface area contributed by atoms with Crippen LogP contribution in [-0.2, 0) is 25.5 Å². The summed E-state index contributed by atoms with van der Waals surface area (Å²) in [6.45, 7) is 3.60. The van der Waals surface area contributed by atoms with Crippen LogP contribution in [0.2, 0.25) is 0 Å². The zero-order chi connectivity index (χ0) is 31.9. The zero-order valence-electron chi connectivity index (χ0n) is 23.8. The summed E-state index contributed by atoms with van der Waals surface area (Å²) in [5, 5.41) is 0. The van der Waals surface area contributed by atoms with Gasteiger partial charge in [-0.25, -0.2) is 18.2 Å². The first-order valence-corrected chi connectivity index (χ1v) is 15.8. The van der Waals surface area contributed by atoms with E-state index in [1.807, 2.05) is 25.1 Å². The molecule has 0 saturated heterocycles. The fourth-order valence-corrected chi connectivity index (χ4v) is 5.38. The molecule has 0 bridgehead atoms. The molecule has 0 amide bonds. The number of carbonyl (C=O) groups excluding carboxylic acids is 1. The monoisotopic (exact) mass is 641 g/mol. The van der Waals surface area contributed by atoms with Crippen molar-refractivity contribution in [1.29, 1.82) is 0 Å². The van der Waals surface area contributed by atoms with Crippen LogP contribution in [0, 0.1) is 18.8 Å². The molecule has 0 unspecified atom stereocenters. The average Bonchev–Trinajstić information content (AvgIpc) is 2.95. The Hall–Kier alpha value is -4.47. The molecular weight excluding hydrogens is 615 g/mol. The van der Waals surface area contributed by atoms with Crippen molar-refractivity contribution in [2.75, 3.05) is 19.5 Å². The van der Waals surface area contributed by atoms with Crippen molar-refractivity contribution in [3.63, 3.8) is 0 Å². The second kappa shape index (κ2) is 13.9. The van der Waals surface area contributed by atoms with Crippen LogP contribution in [0.5, 0.6) is 17.4 Å². The van der Waals surface area contributed by atoms with E-state index in [0.717, 1.165) is 28.8 Å². The van der Waals surface area contributed by atoms with Gasteiger partial charge in [0, 0.05) is 39.4 Å². The molecular formula is C32H26F3NO6S2. The first-order valence-electron chi connectivity index (χ1n) is 13.1. The summed E-state index contributed by atoms with van der Waals surface area (Å²) < 4.78 is 78.7. The standard InChI is InChI=1S/C32H26F3NO6S2/c1-4-40-31(37)20-41-29-13-10-26(15-21(29)2)43-27-17-23(6-5-22-7-11-28(12-8-22)44(3,38)39)16-25(18-27)42-30-14-9-24(19-36-30)32(33,34)35/h7-19H,4,20H2,1-3H3. The maximum Gasteiger partial charge on any atom is 0.417 e. The Labute approximate surface area is 257 Å². The lowest BCUT2D eigenvalue weighted by atomic mass is 10.2. The molecule has 0 aliphatic rings. The summed E-state index contributed by atoms with van der Waals surface area (Å²) >= 11 is 1.38. The van der Waals surface area contributed by atoms with Crippen LogP contribution < -0.4 is 9.47 Å². The van der Waals surface area contributed by atoms with Gasteiger partial charge in [-0.1, -0.05) is 23.6 Å². The van der Waals surface area contributed by atoms with E-state index < -0.39 is 27.5 Å². The zero-order valence-corrected chi connectivity index (χ0v) is 25.4. The molecule has 1 aromatic heterocycles. The van der Waals surface area contributed by atoms with Gasteiger partial charge in [-0.05, 0) is 86.1 Å². The van der Waals surface area contributed by atoms with Crippen molar-refractivity contribution in [2.24, 2.45) is 0 Å². The van der Waals surface area contributed by atoms with Gasteiger partial charge < -0.3 is 14.2 Å². The molecule has 4 aromatic rings. The van der Waals surface area contributed by atoms with Crippen LogP contribution >= 0.6 is 11.8 Å². The van der Waals surface area contributed by atoms with Gasteiger partial charge in [0.25, 0.3) is 0 Å². The summed E-state index contributed by atoms with van der Waals surface area (Å²) in [4.78, 5) is 17.2. The number of rotatable bonds is 9. The number of nitrogens with zero attached hydrogens (tertiary/aromatic N) is 1. The Morgan fingerprint density at radius 3 is 2.27 bits per heavy atom. The van der Waals surface area contributed by atoms with Crippen LogP contribution in [0.15, 0.2) is 93.7 Å². The lowest BCUT2D eigenvalue weighted by Crippen LogP contribution is -2.14. The number of carbonyl (C=O) groups is 1. The number of halogens is 3. The number of benzene rings is 3. The van der Waals surface area contributed by atoms with Gasteiger partial charge in [0.1, 0.15) is 11.5 Å². The molecule has 0 atom stereocenters. The van der Waals surface area contributed by atoms with Crippen molar-refractivity contribution in [3.8, 4) is 29.2 Å². The number of aromatic nitrogens is 1. The number of sulfone groups is 1. The quantitative estimate of drug-likeness (QED) is 0.141. The largest absolute Gasteiger partial charge is 0.482 e. The van der Waals surface area contributed by atoms with Crippen LogP contribution in [0.25, 0.3) is 0 Å². The Balaban J connectivity index is 1.61. The number of aryl methyl sites for hydroxylation is 1. The topological polar surface area (TPSA) is 91.8 Å². The highest BCUT2D eigenvalue weighted by Crippen LogP contribution is 2.35. The molecule has 0 radical (unpaired) electrons. The molecule has 4 rings (SSSR count). The van der Waals surface area contributed by atoms with Gasteiger partial charge >= 0.3 is 12.1 Å². The predicted molar refractivity (Wildman–Crippen MR) is 159 cm³/mol. The summed E-state index contributed by atoms with van der Waals surface area (Å²) in [6, 6.07) is 18.7. The SMILES string of the molecule is CCOC(=O)COc1ccc(Sc2cc(C#Cc3ccc(S(C)(=O)=O)cc3)cc(Oc3ccc(C(F)(F)F)cn3)c2)cc1C. The Morgan fingerprint density at radius 1 is 0.932 bits per heavy atom. The highest BCUT2D eigenvalue weighted by atomic mass is 32.2. The molecule has 0 aliphatic heterocycles. The molecule has 3 aromatic carbocycles. The van der Waals surface area contributed by atoms with Gasteiger partial charge in [-0.2, -0.15) is 13.2 Å². The molecule has 228 valence electrons. The van der Waals surface area contributed by atoms with Crippen LogP contribution in [0.4, 0.5) is 13.2 Å². The fraction of sp³-hybridized carbons (Fsp3) is 0.188. The molecule has 44 heavy (non-hydrogen) atoms. The second-order valence-electron chi connectivity index (χ2n) is 9.35. The van der Waals surface area contributed by atoms with Crippen molar-refractivity contribution in [2.45, 2.75) is 34.7 Å². The number of hydrogen-bond acceptors (Lipinski definition) is 8. The fourth-order valence-electron chi connectivity index (χ4n) is 3.74. The lowest BCUT2D eigenvalue weighted by molar-refractivity contribution is -0.145. The first-order chi connectivity index (χ1) is 20.8. The maximum absolute atomic E-state index is 13.0. The Kier molecular flexibility index (Phi) is 10.2. The minimum atomic E-state index is -4.53. The normalized spacial score (nSPS) is 11.3. The van der Waals surface area contributed by atoms with Crippen molar-refractivity contribution >= 4 is 27.6 Å². The van der Waals surface area contributed by atoms with Gasteiger partial charge in [0.05, 0.1) is 17.1 Å². The second-order valence-corrected chi connectivity index (χ2v) is 12.5. The van der Waals surface area contributed by atoms with E-state index in [0.29, 0.717) is 33.7 Å². The molecule has 1 heterocycles. The van der Waals surface area contributed by atoms with Crippen molar-refractivity contribution in [1.82, 2.24) is 4.98 Å². The predicted octanol–water partition coefficient (Wildman–Crippen LogP) is 7.10. The highest BCUT2D eigenvalue weighted by molar-refractivity contribution is 7.99. The van der Waals surface area contributed by atoms with Gasteiger partial charge in [0.2, 0.25) is 5.88 Å². The first kappa shape index (κ1) is 32.4. The Bertz CT molecular complexity index is 1810. The molecule has 7 nitrogen and oxygen atoms in total. The summed E-state index contributed by atoms with van der Waals surface area (Å²) in [5.41, 5.74) is 1.01. The highest BCUT2D eigenvalue weighted by Gasteiger charge is 2.30. The molecule has 0 aliphatic carbocycles. The number of pyridine rings is 1. The van der Waals surface area contributed by atoms with E-state index >= 15 is 0 Å². The van der Waals surface area contributed by atoms with Gasteiger partial charge in [-0.3, -0.25) is 0 Å². The third-order valence-electron chi connectivity index (χ3n) is 5.83. The Morgan fingerprint density at radius 2 is 1.66 bits per heavy atom.